The molecule has 1 aliphatic rings. The molecule has 0 aliphatic carbocycles. The molecule has 1 aromatic carbocycles. The van der Waals surface area contributed by atoms with E-state index in [9.17, 15) is 4.79 Å². The van der Waals surface area contributed by atoms with Crippen LogP contribution in [-0.4, -0.2) is 41.8 Å². The maximum absolute atomic E-state index is 13.0. The van der Waals surface area contributed by atoms with Gasteiger partial charge in [0.1, 0.15) is 0 Å². The number of carbonyl (C=O) groups is 1. The van der Waals surface area contributed by atoms with Gasteiger partial charge in [-0.3, -0.25) is 14.7 Å². The summed E-state index contributed by atoms with van der Waals surface area (Å²) in [5, 5.41) is 3.19. The zero-order valence-corrected chi connectivity index (χ0v) is 16.9. The second-order valence-electron chi connectivity index (χ2n) is 6.81. The van der Waals surface area contributed by atoms with Crippen molar-refractivity contribution in [1.82, 2.24) is 9.88 Å². The Labute approximate surface area is 173 Å². The number of thiophene rings is 1. The van der Waals surface area contributed by atoms with Gasteiger partial charge in [0, 0.05) is 49.5 Å². The summed E-state index contributed by atoms with van der Waals surface area (Å²) in [5.74, 6) is -0.0422. The van der Waals surface area contributed by atoms with Crippen molar-refractivity contribution < 1.29 is 4.79 Å². The van der Waals surface area contributed by atoms with Crippen molar-refractivity contribution in [3.63, 3.8) is 0 Å². The number of carbonyl (C=O) groups excluding carboxylic acids is 1. The lowest BCUT2D eigenvalue weighted by atomic mass is 10.0. The normalized spacial score (nSPS) is 15.0. The number of anilines is 2. The van der Waals surface area contributed by atoms with Gasteiger partial charge < -0.3 is 10.6 Å². The molecule has 5 nitrogen and oxygen atoms in total. The van der Waals surface area contributed by atoms with Crippen LogP contribution in [0.4, 0.5) is 10.7 Å². The van der Waals surface area contributed by atoms with E-state index in [-0.39, 0.29) is 5.78 Å². The quantitative estimate of drug-likeness (QED) is 0.643. The number of hydrogen-bond acceptors (Lipinski definition) is 6. The van der Waals surface area contributed by atoms with Gasteiger partial charge in [0.05, 0.1) is 22.4 Å². The third-order valence-electron chi connectivity index (χ3n) is 5.01. The molecular weight excluding hydrogens is 392 g/mol. The molecule has 0 atom stereocenters. The fourth-order valence-corrected chi connectivity index (χ4v) is 4.41. The van der Waals surface area contributed by atoms with Gasteiger partial charge in [0.25, 0.3) is 0 Å². The molecule has 28 heavy (non-hydrogen) atoms. The number of benzene rings is 1. The highest BCUT2D eigenvalue weighted by molar-refractivity contribution is 7.14. The molecule has 144 valence electrons. The number of halogens is 1. The van der Waals surface area contributed by atoms with E-state index in [1.807, 2.05) is 17.6 Å². The highest BCUT2D eigenvalue weighted by Crippen LogP contribution is 2.29. The number of nitrogen functional groups attached to an aromatic ring is 1. The van der Waals surface area contributed by atoms with Crippen LogP contribution < -0.4 is 10.6 Å². The van der Waals surface area contributed by atoms with Gasteiger partial charge in [-0.05, 0) is 47.3 Å². The monoisotopic (exact) mass is 412 g/mol. The third-order valence-corrected chi connectivity index (χ3v) is 6.12. The van der Waals surface area contributed by atoms with Crippen LogP contribution in [0.15, 0.2) is 54.2 Å². The Morgan fingerprint density at radius 1 is 1.14 bits per heavy atom. The molecule has 1 fully saturated rings. The van der Waals surface area contributed by atoms with E-state index in [2.05, 4.69) is 20.9 Å². The molecule has 3 aromatic rings. The first-order chi connectivity index (χ1) is 13.6. The van der Waals surface area contributed by atoms with E-state index in [1.54, 1.807) is 30.5 Å². The minimum atomic E-state index is -0.0422. The summed E-state index contributed by atoms with van der Waals surface area (Å²) in [6.07, 6.45) is 3.69. The Kier molecular flexibility index (Phi) is 5.62. The predicted octanol–water partition coefficient (Wildman–Crippen LogP) is 3.93. The van der Waals surface area contributed by atoms with Crippen LogP contribution in [0.1, 0.15) is 21.5 Å². The van der Waals surface area contributed by atoms with Gasteiger partial charge in [0.15, 0.2) is 5.78 Å². The van der Waals surface area contributed by atoms with Crippen LogP contribution in [0.2, 0.25) is 5.02 Å². The zero-order valence-electron chi connectivity index (χ0n) is 15.3. The van der Waals surface area contributed by atoms with E-state index in [0.29, 0.717) is 21.2 Å². The number of aromatic nitrogens is 1. The van der Waals surface area contributed by atoms with Gasteiger partial charge in [-0.1, -0.05) is 11.6 Å². The van der Waals surface area contributed by atoms with Crippen LogP contribution in [0.25, 0.3) is 0 Å². The molecule has 0 amide bonds. The van der Waals surface area contributed by atoms with Crippen molar-refractivity contribution in [3.05, 3.63) is 75.9 Å². The number of pyridine rings is 1. The van der Waals surface area contributed by atoms with Crippen molar-refractivity contribution in [2.75, 3.05) is 36.8 Å². The zero-order chi connectivity index (χ0) is 19.5. The van der Waals surface area contributed by atoms with Gasteiger partial charge in [-0.25, -0.2) is 0 Å². The van der Waals surface area contributed by atoms with Gasteiger partial charge in [-0.2, -0.15) is 0 Å². The Bertz CT molecular complexity index is 950. The van der Waals surface area contributed by atoms with E-state index in [4.69, 9.17) is 17.3 Å². The van der Waals surface area contributed by atoms with Crippen LogP contribution in [0, 0.1) is 0 Å². The number of rotatable bonds is 5. The fourth-order valence-electron chi connectivity index (χ4n) is 3.48. The van der Waals surface area contributed by atoms with Crippen molar-refractivity contribution in [3.8, 4) is 0 Å². The minimum absolute atomic E-state index is 0.0422. The standard InChI is InChI=1S/C21H21ClN4OS/c22-17-5-3-15(4-6-17)20(27)19-16(14-28-21(19)23)13-25-8-10-26(11-9-25)18-2-1-7-24-12-18/h1-7,12,14H,8-11,13,23H2. The summed E-state index contributed by atoms with van der Waals surface area (Å²) in [6.45, 7) is 4.46. The summed E-state index contributed by atoms with van der Waals surface area (Å²) >= 11 is 7.37. The molecule has 1 saturated heterocycles. The van der Waals surface area contributed by atoms with Crippen LogP contribution in [-0.2, 0) is 6.54 Å². The smallest absolute Gasteiger partial charge is 0.196 e. The molecule has 2 N–H and O–H groups in total. The average molecular weight is 413 g/mol. The first-order valence-electron chi connectivity index (χ1n) is 9.15. The lowest BCUT2D eigenvalue weighted by Crippen LogP contribution is -2.46. The lowest BCUT2D eigenvalue weighted by molar-refractivity contribution is 0.103. The minimum Gasteiger partial charge on any atom is -0.390 e. The molecule has 0 saturated carbocycles. The SMILES string of the molecule is Nc1scc(CN2CCN(c3cccnc3)CC2)c1C(=O)c1ccc(Cl)cc1. The van der Waals surface area contributed by atoms with E-state index in [0.717, 1.165) is 44.0 Å². The summed E-state index contributed by atoms with van der Waals surface area (Å²) < 4.78 is 0. The molecule has 4 rings (SSSR count). The molecular formula is C21H21ClN4OS. The second kappa shape index (κ2) is 8.31. The first kappa shape index (κ1) is 18.9. The maximum atomic E-state index is 13.0. The van der Waals surface area contributed by atoms with E-state index in [1.165, 1.54) is 11.3 Å². The Hall–Kier alpha value is -2.41. The second-order valence-corrected chi connectivity index (χ2v) is 8.16. The van der Waals surface area contributed by atoms with Crippen molar-refractivity contribution >= 4 is 39.4 Å². The Morgan fingerprint density at radius 3 is 2.57 bits per heavy atom. The molecule has 3 heterocycles. The molecule has 0 spiro atoms. The number of nitrogens with two attached hydrogens (primary N) is 1. The number of piperazine rings is 1. The van der Waals surface area contributed by atoms with Gasteiger partial charge in [0.2, 0.25) is 0 Å². The highest BCUT2D eigenvalue weighted by Gasteiger charge is 2.23. The molecule has 1 aliphatic heterocycles. The van der Waals surface area contributed by atoms with Crippen LogP contribution in [0.5, 0.6) is 0 Å². The predicted molar refractivity (Wildman–Crippen MR) is 115 cm³/mol. The third kappa shape index (κ3) is 4.04. The first-order valence-corrected chi connectivity index (χ1v) is 10.4. The average Bonchev–Trinajstić information content (AvgIpc) is 3.09. The molecule has 0 radical (unpaired) electrons. The van der Waals surface area contributed by atoms with Crippen molar-refractivity contribution in [2.45, 2.75) is 6.54 Å². The van der Waals surface area contributed by atoms with E-state index < -0.39 is 0 Å². The molecule has 7 heteroatoms. The van der Waals surface area contributed by atoms with Crippen molar-refractivity contribution in [2.24, 2.45) is 0 Å². The van der Waals surface area contributed by atoms with Gasteiger partial charge in [-0.15, -0.1) is 11.3 Å². The molecule has 2 aromatic heterocycles. The van der Waals surface area contributed by atoms with E-state index >= 15 is 0 Å². The number of nitrogens with zero attached hydrogens (tertiary/aromatic N) is 3. The maximum Gasteiger partial charge on any atom is 0.196 e. The molecule has 0 bridgehead atoms. The summed E-state index contributed by atoms with van der Waals surface area (Å²) in [7, 11) is 0. The lowest BCUT2D eigenvalue weighted by Gasteiger charge is -2.35. The van der Waals surface area contributed by atoms with Crippen LogP contribution in [0.3, 0.4) is 0 Å². The number of hydrogen-bond donors (Lipinski definition) is 1. The van der Waals surface area contributed by atoms with Gasteiger partial charge >= 0.3 is 0 Å². The summed E-state index contributed by atoms with van der Waals surface area (Å²) in [4.78, 5) is 21.9. The summed E-state index contributed by atoms with van der Waals surface area (Å²) in [5.41, 5.74) is 9.54. The largest absolute Gasteiger partial charge is 0.390 e. The molecule has 0 unspecified atom stereocenters. The van der Waals surface area contributed by atoms with Crippen LogP contribution >= 0.6 is 22.9 Å². The Balaban J connectivity index is 1.45. The topological polar surface area (TPSA) is 62.5 Å². The van der Waals surface area contributed by atoms with Crippen molar-refractivity contribution in [1.29, 1.82) is 0 Å². The fraction of sp³-hybridized carbons (Fsp3) is 0.238. The summed E-state index contributed by atoms with van der Waals surface area (Å²) in [6, 6.07) is 11.0. The highest BCUT2D eigenvalue weighted by atomic mass is 35.5. The number of ketones is 1. The Morgan fingerprint density at radius 2 is 1.89 bits per heavy atom.